The van der Waals surface area contributed by atoms with Gasteiger partial charge in [-0.05, 0) is 43.2 Å². The molecule has 2 saturated carbocycles. The first-order valence-electron chi connectivity index (χ1n) is 6.68. The molecule has 2 aliphatic rings. The molecular weight excluding hydrogens is 194 g/mol. The van der Waals surface area contributed by atoms with Gasteiger partial charge in [0.1, 0.15) is 0 Å². The SMILES string of the molecule is CCN[C@@H]1[C@H]2CC[C@H](C2)[C@@H]1c1ccccc1. The molecule has 0 amide bonds. The van der Waals surface area contributed by atoms with E-state index >= 15 is 0 Å². The van der Waals surface area contributed by atoms with Crippen molar-refractivity contribution in [1.29, 1.82) is 0 Å². The van der Waals surface area contributed by atoms with E-state index < -0.39 is 0 Å². The van der Waals surface area contributed by atoms with Crippen LogP contribution in [0.1, 0.15) is 37.7 Å². The van der Waals surface area contributed by atoms with E-state index in [4.69, 9.17) is 0 Å². The monoisotopic (exact) mass is 215 g/mol. The Morgan fingerprint density at radius 3 is 2.62 bits per heavy atom. The van der Waals surface area contributed by atoms with Crippen molar-refractivity contribution in [2.24, 2.45) is 11.8 Å². The summed E-state index contributed by atoms with van der Waals surface area (Å²) in [4.78, 5) is 0. The zero-order valence-corrected chi connectivity index (χ0v) is 10.0. The molecule has 0 unspecified atom stereocenters. The smallest absolute Gasteiger partial charge is 0.0167 e. The van der Waals surface area contributed by atoms with Crippen LogP contribution in [-0.2, 0) is 0 Å². The van der Waals surface area contributed by atoms with Crippen LogP contribution < -0.4 is 5.32 Å². The molecule has 86 valence electrons. The second kappa shape index (κ2) is 4.21. The predicted octanol–water partition coefficient (Wildman–Crippen LogP) is 3.18. The fraction of sp³-hybridized carbons (Fsp3) is 0.600. The third kappa shape index (κ3) is 1.58. The molecule has 1 nitrogen and oxygen atoms in total. The van der Waals surface area contributed by atoms with Crippen molar-refractivity contribution in [1.82, 2.24) is 5.32 Å². The van der Waals surface area contributed by atoms with Gasteiger partial charge in [0.05, 0.1) is 0 Å². The average Bonchev–Trinajstić information content (AvgIpc) is 2.91. The van der Waals surface area contributed by atoms with E-state index in [0.717, 1.165) is 30.3 Å². The molecule has 0 saturated heterocycles. The molecule has 0 aromatic heterocycles. The van der Waals surface area contributed by atoms with Crippen LogP contribution in [0.3, 0.4) is 0 Å². The quantitative estimate of drug-likeness (QED) is 0.816. The minimum absolute atomic E-state index is 0.742. The van der Waals surface area contributed by atoms with E-state index in [1.54, 1.807) is 5.56 Å². The standard InChI is InChI=1S/C15H21N/c1-2-16-15-13-9-8-12(10-13)14(15)11-6-4-3-5-7-11/h3-7,12-16H,2,8-10H2,1H3/t12-,13+,14+,15-/m1/s1. The lowest BCUT2D eigenvalue weighted by molar-refractivity contribution is 0.315. The van der Waals surface area contributed by atoms with E-state index in [9.17, 15) is 0 Å². The van der Waals surface area contributed by atoms with Crippen LogP contribution in [0.4, 0.5) is 0 Å². The Balaban J connectivity index is 1.88. The van der Waals surface area contributed by atoms with Gasteiger partial charge in [-0.2, -0.15) is 0 Å². The van der Waals surface area contributed by atoms with Crippen molar-refractivity contribution in [2.45, 2.75) is 38.1 Å². The predicted molar refractivity (Wildman–Crippen MR) is 67.5 cm³/mol. The van der Waals surface area contributed by atoms with Gasteiger partial charge in [0, 0.05) is 12.0 Å². The molecule has 0 spiro atoms. The van der Waals surface area contributed by atoms with Crippen LogP contribution in [0.15, 0.2) is 30.3 Å². The largest absolute Gasteiger partial charge is 0.313 e. The van der Waals surface area contributed by atoms with E-state index in [2.05, 4.69) is 42.6 Å². The fourth-order valence-electron chi connectivity index (χ4n) is 3.98. The summed E-state index contributed by atoms with van der Waals surface area (Å²) in [5.41, 5.74) is 1.56. The minimum atomic E-state index is 0.742. The molecule has 16 heavy (non-hydrogen) atoms. The maximum absolute atomic E-state index is 3.72. The minimum Gasteiger partial charge on any atom is -0.313 e. The van der Waals surface area contributed by atoms with Gasteiger partial charge >= 0.3 is 0 Å². The molecule has 2 fully saturated rings. The number of benzene rings is 1. The summed E-state index contributed by atoms with van der Waals surface area (Å²) in [7, 11) is 0. The van der Waals surface area contributed by atoms with Gasteiger partial charge in [-0.15, -0.1) is 0 Å². The molecule has 1 aromatic rings. The molecule has 1 heteroatoms. The van der Waals surface area contributed by atoms with Crippen LogP contribution >= 0.6 is 0 Å². The summed E-state index contributed by atoms with van der Waals surface area (Å²) in [6.07, 6.45) is 4.36. The van der Waals surface area contributed by atoms with Gasteiger partial charge in [-0.25, -0.2) is 0 Å². The van der Waals surface area contributed by atoms with Crippen molar-refractivity contribution in [3.05, 3.63) is 35.9 Å². The Kier molecular flexibility index (Phi) is 2.72. The lowest BCUT2D eigenvalue weighted by Crippen LogP contribution is -2.39. The van der Waals surface area contributed by atoms with E-state index in [1.807, 2.05) is 0 Å². The highest BCUT2D eigenvalue weighted by molar-refractivity contribution is 5.26. The van der Waals surface area contributed by atoms with Crippen LogP contribution in [0, 0.1) is 11.8 Å². The zero-order valence-electron chi connectivity index (χ0n) is 10.0. The molecule has 0 heterocycles. The second-order valence-electron chi connectivity index (χ2n) is 5.35. The zero-order chi connectivity index (χ0) is 11.0. The number of rotatable bonds is 3. The molecule has 1 aromatic carbocycles. The second-order valence-corrected chi connectivity index (χ2v) is 5.35. The van der Waals surface area contributed by atoms with Crippen molar-refractivity contribution in [3.8, 4) is 0 Å². The third-order valence-electron chi connectivity index (χ3n) is 4.54. The lowest BCUT2D eigenvalue weighted by atomic mass is 9.80. The molecule has 3 rings (SSSR count). The van der Waals surface area contributed by atoms with Gasteiger partial charge < -0.3 is 5.32 Å². The average molecular weight is 215 g/mol. The highest BCUT2D eigenvalue weighted by Crippen LogP contribution is 2.52. The molecule has 4 atom stereocenters. The lowest BCUT2D eigenvalue weighted by Gasteiger charge is -2.32. The van der Waals surface area contributed by atoms with Crippen molar-refractivity contribution in [2.75, 3.05) is 6.54 Å². The number of likely N-dealkylation sites (N-methyl/N-ethyl adjacent to an activating group) is 1. The highest BCUT2D eigenvalue weighted by Gasteiger charge is 2.47. The Labute approximate surface area is 98.3 Å². The maximum Gasteiger partial charge on any atom is 0.0167 e. The first-order valence-corrected chi connectivity index (χ1v) is 6.68. The first-order chi connectivity index (χ1) is 7.90. The first kappa shape index (κ1) is 10.3. The van der Waals surface area contributed by atoms with Gasteiger partial charge in [-0.3, -0.25) is 0 Å². The topological polar surface area (TPSA) is 12.0 Å². The maximum atomic E-state index is 3.72. The number of hydrogen-bond donors (Lipinski definition) is 1. The van der Waals surface area contributed by atoms with Crippen LogP contribution in [0.5, 0.6) is 0 Å². The summed E-state index contributed by atoms with van der Waals surface area (Å²) < 4.78 is 0. The van der Waals surface area contributed by atoms with E-state index in [-0.39, 0.29) is 0 Å². The number of nitrogens with one attached hydrogen (secondary N) is 1. The Hall–Kier alpha value is -0.820. The van der Waals surface area contributed by atoms with Crippen LogP contribution in [0.25, 0.3) is 0 Å². The summed E-state index contributed by atoms with van der Waals surface area (Å²) in [5.74, 6) is 2.66. The van der Waals surface area contributed by atoms with Gasteiger partial charge in [0.2, 0.25) is 0 Å². The van der Waals surface area contributed by atoms with Gasteiger partial charge in [0.15, 0.2) is 0 Å². The van der Waals surface area contributed by atoms with E-state index in [1.165, 1.54) is 19.3 Å². The van der Waals surface area contributed by atoms with Crippen molar-refractivity contribution >= 4 is 0 Å². The highest BCUT2D eigenvalue weighted by atomic mass is 14.9. The fourth-order valence-corrected chi connectivity index (χ4v) is 3.98. The van der Waals surface area contributed by atoms with Crippen LogP contribution in [-0.4, -0.2) is 12.6 Å². The molecule has 0 aliphatic heterocycles. The van der Waals surface area contributed by atoms with Crippen LogP contribution in [0.2, 0.25) is 0 Å². The number of fused-ring (bicyclic) bond motifs is 2. The summed E-state index contributed by atoms with van der Waals surface area (Å²) in [6.45, 7) is 3.34. The molecule has 2 aliphatic carbocycles. The number of hydrogen-bond acceptors (Lipinski definition) is 1. The molecular formula is C15H21N. The Bertz CT molecular complexity index is 346. The van der Waals surface area contributed by atoms with Gasteiger partial charge in [-0.1, -0.05) is 37.3 Å². The summed E-state index contributed by atoms with van der Waals surface area (Å²) in [6, 6.07) is 11.9. The van der Waals surface area contributed by atoms with E-state index in [0.29, 0.717) is 0 Å². The molecule has 0 radical (unpaired) electrons. The molecule has 1 N–H and O–H groups in total. The third-order valence-corrected chi connectivity index (χ3v) is 4.54. The van der Waals surface area contributed by atoms with Crippen molar-refractivity contribution in [3.63, 3.8) is 0 Å². The normalized spacial score (nSPS) is 36.8. The Morgan fingerprint density at radius 2 is 1.88 bits per heavy atom. The summed E-state index contributed by atoms with van der Waals surface area (Å²) in [5, 5.41) is 3.72. The summed E-state index contributed by atoms with van der Waals surface area (Å²) >= 11 is 0. The molecule has 2 bridgehead atoms. The van der Waals surface area contributed by atoms with Crippen molar-refractivity contribution < 1.29 is 0 Å². The Morgan fingerprint density at radius 1 is 1.12 bits per heavy atom. The van der Waals surface area contributed by atoms with Gasteiger partial charge in [0.25, 0.3) is 0 Å².